The summed E-state index contributed by atoms with van der Waals surface area (Å²) >= 11 is 0. The van der Waals surface area contributed by atoms with Gasteiger partial charge in [-0.2, -0.15) is 0 Å². The zero-order valence-electron chi connectivity index (χ0n) is 13.8. The van der Waals surface area contributed by atoms with Gasteiger partial charge in [0.05, 0.1) is 12.9 Å². The molecule has 5 heteroatoms. The Labute approximate surface area is 138 Å². The van der Waals surface area contributed by atoms with Crippen molar-refractivity contribution in [2.24, 2.45) is 0 Å². The third-order valence-corrected chi connectivity index (χ3v) is 5.05. The maximum absolute atomic E-state index is 12.1. The molecule has 0 aromatic heterocycles. The van der Waals surface area contributed by atoms with Gasteiger partial charge in [-0.1, -0.05) is 36.4 Å². The van der Waals surface area contributed by atoms with Crippen LogP contribution in [0.25, 0.3) is 0 Å². The van der Waals surface area contributed by atoms with Gasteiger partial charge in [0, 0.05) is 6.54 Å². The number of nitrogens with one attached hydrogen (secondary N) is 1. The second kappa shape index (κ2) is 7.62. The molecule has 0 bridgehead atoms. The van der Waals surface area contributed by atoms with Gasteiger partial charge < -0.3 is 4.74 Å². The van der Waals surface area contributed by atoms with Crippen LogP contribution in [0.5, 0.6) is 5.75 Å². The molecule has 0 aliphatic heterocycles. The van der Waals surface area contributed by atoms with Crippen LogP contribution >= 0.6 is 0 Å². The number of hydrogen-bond donors (Lipinski definition) is 1. The van der Waals surface area contributed by atoms with Crippen molar-refractivity contribution >= 4 is 10.0 Å². The van der Waals surface area contributed by atoms with Crippen LogP contribution in [-0.4, -0.2) is 22.1 Å². The lowest BCUT2D eigenvalue weighted by atomic mass is 10.0. The highest BCUT2D eigenvalue weighted by molar-refractivity contribution is 7.88. The fourth-order valence-corrected chi connectivity index (χ4v) is 3.78. The second-order valence-corrected chi connectivity index (χ2v) is 7.46. The number of hydrogen-bond acceptors (Lipinski definition) is 3. The van der Waals surface area contributed by atoms with Crippen LogP contribution in [0.2, 0.25) is 0 Å². The molecule has 2 aromatic carbocycles. The fourth-order valence-electron chi connectivity index (χ4n) is 2.64. The summed E-state index contributed by atoms with van der Waals surface area (Å²) in [6.07, 6.45) is 0.601. The summed E-state index contributed by atoms with van der Waals surface area (Å²) < 4.78 is 32.4. The third kappa shape index (κ3) is 5.08. The maximum Gasteiger partial charge on any atom is 0.215 e. The van der Waals surface area contributed by atoms with Crippen molar-refractivity contribution in [2.75, 3.05) is 13.7 Å². The second-order valence-electron chi connectivity index (χ2n) is 5.65. The average molecular weight is 333 g/mol. The van der Waals surface area contributed by atoms with Crippen molar-refractivity contribution in [3.8, 4) is 5.75 Å². The molecule has 0 aliphatic rings. The highest BCUT2D eigenvalue weighted by atomic mass is 32.2. The Kier molecular flexibility index (Phi) is 5.80. The molecule has 2 aromatic rings. The van der Waals surface area contributed by atoms with Crippen LogP contribution in [0.3, 0.4) is 0 Å². The molecule has 0 radical (unpaired) electrons. The fraction of sp³-hybridized carbons (Fsp3) is 0.333. The van der Waals surface area contributed by atoms with Crippen LogP contribution in [0.1, 0.15) is 22.3 Å². The Morgan fingerprint density at radius 1 is 1.09 bits per heavy atom. The van der Waals surface area contributed by atoms with Crippen molar-refractivity contribution in [1.29, 1.82) is 0 Å². The molecular weight excluding hydrogens is 310 g/mol. The summed E-state index contributed by atoms with van der Waals surface area (Å²) in [6, 6.07) is 13.2. The van der Waals surface area contributed by atoms with Crippen molar-refractivity contribution in [2.45, 2.75) is 26.0 Å². The minimum absolute atomic E-state index is 0.00213. The van der Waals surface area contributed by atoms with E-state index in [1.54, 1.807) is 7.11 Å². The highest BCUT2D eigenvalue weighted by Crippen LogP contribution is 2.24. The monoisotopic (exact) mass is 333 g/mol. The minimum Gasteiger partial charge on any atom is -0.496 e. The lowest BCUT2D eigenvalue weighted by Crippen LogP contribution is -2.27. The van der Waals surface area contributed by atoms with Gasteiger partial charge in [0.2, 0.25) is 10.0 Å². The van der Waals surface area contributed by atoms with Crippen LogP contribution in [0.4, 0.5) is 0 Å². The molecule has 0 atom stereocenters. The van der Waals surface area contributed by atoms with Crippen molar-refractivity contribution in [3.05, 3.63) is 64.7 Å². The molecule has 4 nitrogen and oxygen atoms in total. The molecule has 0 aliphatic carbocycles. The molecule has 0 amide bonds. The predicted molar refractivity (Wildman–Crippen MR) is 93.2 cm³/mol. The van der Waals surface area contributed by atoms with E-state index in [0.717, 1.165) is 28.0 Å². The topological polar surface area (TPSA) is 55.4 Å². The van der Waals surface area contributed by atoms with Gasteiger partial charge in [-0.15, -0.1) is 0 Å². The zero-order chi connectivity index (χ0) is 16.9. The molecule has 0 heterocycles. The first-order valence-electron chi connectivity index (χ1n) is 7.56. The molecule has 0 saturated heterocycles. The Balaban J connectivity index is 1.99. The van der Waals surface area contributed by atoms with E-state index in [4.69, 9.17) is 4.74 Å². The van der Waals surface area contributed by atoms with Gasteiger partial charge in [0.25, 0.3) is 0 Å². The van der Waals surface area contributed by atoms with Gasteiger partial charge in [-0.05, 0) is 48.6 Å². The van der Waals surface area contributed by atoms with E-state index in [2.05, 4.69) is 10.8 Å². The van der Waals surface area contributed by atoms with Crippen LogP contribution in [0.15, 0.2) is 42.5 Å². The lowest BCUT2D eigenvalue weighted by molar-refractivity contribution is 0.408. The summed E-state index contributed by atoms with van der Waals surface area (Å²) in [5.74, 6) is 0.808. The number of sulfonamides is 1. The highest BCUT2D eigenvalue weighted by Gasteiger charge is 2.13. The molecule has 2 rings (SSSR count). The number of rotatable bonds is 7. The molecule has 0 spiro atoms. The summed E-state index contributed by atoms with van der Waals surface area (Å²) in [7, 11) is -1.70. The van der Waals surface area contributed by atoms with E-state index in [1.807, 2.05) is 50.2 Å². The first-order valence-corrected chi connectivity index (χ1v) is 9.22. The van der Waals surface area contributed by atoms with Crippen LogP contribution in [0, 0.1) is 13.8 Å². The third-order valence-electron chi connectivity index (χ3n) is 3.69. The van der Waals surface area contributed by atoms with E-state index >= 15 is 0 Å². The lowest BCUT2D eigenvalue weighted by Gasteiger charge is -2.13. The molecule has 0 unspecified atom stereocenters. The summed E-state index contributed by atoms with van der Waals surface area (Å²) in [4.78, 5) is 0. The SMILES string of the molecule is COc1cc(C)cc(C)c1CCNS(=O)(=O)Cc1ccccc1. The Hall–Kier alpha value is -1.85. The Morgan fingerprint density at radius 2 is 1.78 bits per heavy atom. The van der Waals surface area contributed by atoms with E-state index < -0.39 is 10.0 Å². The summed E-state index contributed by atoms with van der Waals surface area (Å²) in [5, 5.41) is 0. The van der Waals surface area contributed by atoms with Crippen molar-refractivity contribution in [3.63, 3.8) is 0 Å². The largest absolute Gasteiger partial charge is 0.496 e. The molecule has 124 valence electrons. The van der Waals surface area contributed by atoms with Gasteiger partial charge in [-0.3, -0.25) is 0 Å². The Bertz CT molecular complexity index is 755. The standard InChI is InChI=1S/C18H23NO3S/c1-14-11-15(2)17(18(12-14)22-3)9-10-19-23(20,21)13-16-7-5-4-6-8-16/h4-8,11-12,19H,9-10,13H2,1-3H3. The van der Waals surface area contributed by atoms with Gasteiger partial charge in [-0.25, -0.2) is 13.1 Å². The molecule has 23 heavy (non-hydrogen) atoms. The van der Waals surface area contributed by atoms with Gasteiger partial charge in [0.15, 0.2) is 0 Å². The normalized spacial score (nSPS) is 11.4. The maximum atomic E-state index is 12.1. The summed E-state index contributed by atoms with van der Waals surface area (Å²) in [6.45, 7) is 4.39. The smallest absolute Gasteiger partial charge is 0.215 e. The van der Waals surface area contributed by atoms with E-state index in [9.17, 15) is 8.42 Å². The predicted octanol–water partition coefficient (Wildman–Crippen LogP) is 2.97. The van der Waals surface area contributed by atoms with E-state index in [-0.39, 0.29) is 5.75 Å². The quantitative estimate of drug-likeness (QED) is 0.847. The van der Waals surface area contributed by atoms with Crippen molar-refractivity contribution < 1.29 is 13.2 Å². The summed E-state index contributed by atoms with van der Waals surface area (Å²) in [5.41, 5.74) is 4.07. The first kappa shape index (κ1) is 17.5. The zero-order valence-corrected chi connectivity index (χ0v) is 14.6. The van der Waals surface area contributed by atoms with E-state index in [0.29, 0.717) is 13.0 Å². The minimum atomic E-state index is -3.34. The molecular formula is C18H23NO3S. The van der Waals surface area contributed by atoms with Crippen molar-refractivity contribution in [1.82, 2.24) is 4.72 Å². The van der Waals surface area contributed by atoms with Gasteiger partial charge >= 0.3 is 0 Å². The molecule has 0 saturated carbocycles. The average Bonchev–Trinajstić information content (AvgIpc) is 2.49. The number of benzene rings is 2. The molecule has 1 N–H and O–H groups in total. The number of aryl methyl sites for hydroxylation is 2. The van der Waals surface area contributed by atoms with Gasteiger partial charge in [0.1, 0.15) is 5.75 Å². The number of methoxy groups -OCH3 is 1. The Morgan fingerprint density at radius 3 is 2.43 bits per heavy atom. The van der Waals surface area contributed by atoms with E-state index in [1.165, 1.54) is 0 Å². The van der Waals surface area contributed by atoms with Crippen LogP contribution in [-0.2, 0) is 22.2 Å². The number of ether oxygens (including phenoxy) is 1. The first-order chi connectivity index (χ1) is 10.9. The van der Waals surface area contributed by atoms with Crippen LogP contribution < -0.4 is 9.46 Å². The molecule has 0 fully saturated rings.